The molecule has 0 atom stereocenters. The van der Waals surface area contributed by atoms with Crippen LogP contribution in [0.1, 0.15) is 28.2 Å². The summed E-state index contributed by atoms with van der Waals surface area (Å²) in [6, 6.07) is 3.34. The van der Waals surface area contributed by atoms with Crippen molar-refractivity contribution in [1.29, 1.82) is 0 Å². The highest BCUT2D eigenvalue weighted by molar-refractivity contribution is 7.89. The van der Waals surface area contributed by atoms with Crippen molar-refractivity contribution in [3.05, 3.63) is 35.3 Å². The van der Waals surface area contributed by atoms with Crippen LogP contribution in [0.25, 0.3) is 0 Å². The second-order valence-electron chi connectivity index (χ2n) is 6.73. The zero-order valence-electron chi connectivity index (χ0n) is 16.5. The lowest BCUT2D eigenvalue weighted by atomic mass is 10.2. The molecule has 0 bridgehead atoms. The molecule has 1 saturated heterocycles. The van der Waals surface area contributed by atoms with Crippen molar-refractivity contribution in [1.82, 2.24) is 24.0 Å². The minimum absolute atomic E-state index is 0.210. The molecule has 2 aromatic heterocycles. The van der Waals surface area contributed by atoms with Gasteiger partial charge in [-0.3, -0.25) is 9.48 Å². The zero-order chi connectivity index (χ0) is 20.5. The van der Waals surface area contributed by atoms with E-state index in [2.05, 4.69) is 10.1 Å². The standard InChI is InChI=1S/C18H25N5O4S/c1-13-16(14(2)21(3)20-13)28(25,26)23-10-6-9-22(11-12-23)18(24)15-7-5-8-19-17(15)27-4/h5,7-8H,6,9-12H2,1-4H3. The number of aromatic nitrogens is 3. The summed E-state index contributed by atoms with van der Waals surface area (Å²) in [7, 11) is -0.483. The number of methoxy groups -OCH3 is 1. The fourth-order valence-corrected chi connectivity index (χ4v) is 5.35. The van der Waals surface area contributed by atoms with E-state index in [1.54, 1.807) is 48.8 Å². The Labute approximate surface area is 165 Å². The summed E-state index contributed by atoms with van der Waals surface area (Å²) in [4.78, 5) is 18.9. The molecule has 3 rings (SSSR count). The third-order valence-electron chi connectivity index (χ3n) is 4.98. The Kier molecular flexibility index (Phi) is 5.71. The number of rotatable bonds is 4. The summed E-state index contributed by atoms with van der Waals surface area (Å²) >= 11 is 0. The van der Waals surface area contributed by atoms with E-state index >= 15 is 0 Å². The van der Waals surface area contributed by atoms with Crippen molar-refractivity contribution in [3.63, 3.8) is 0 Å². The van der Waals surface area contributed by atoms with E-state index in [9.17, 15) is 13.2 Å². The predicted octanol–water partition coefficient (Wildman–Crippen LogP) is 0.977. The number of carbonyl (C=O) groups is 1. The van der Waals surface area contributed by atoms with Gasteiger partial charge in [0.05, 0.1) is 18.5 Å². The Hall–Kier alpha value is -2.46. The van der Waals surface area contributed by atoms with Crippen molar-refractivity contribution in [2.45, 2.75) is 25.2 Å². The molecule has 0 N–H and O–H groups in total. The smallest absolute Gasteiger partial charge is 0.259 e. The summed E-state index contributed by atoms with van der Waals surface area (Å²) < 4.78 is 34.6. The average Bonchev–Trinajstić information content (AvgIpc) is 2.85. The molecular formula is C18H25N5O4S. The summed E-state index contributed by atoms with van der Waals surface area (Å²) in [5, 5.41) is 4.22. The topological polar surface area (TPSA) is 97.6 Å². The normalized spacial score (nSPS) is 16.1. The van der Waals surface area contributed by atoms with E-state index in [-0.39, 0.29) is 23.2 Å². The molecule has 0 radical (unpaired) electrons. The van der Waals surface area contributed by atoms with Gasteiger partial charge in [-0.2, -0.15) is 9.40 Å². The lowest BCUT2D eigenvalue weighted by Crippen LogP contribution is -2.37. The van der Waals surface area contributed by atoms with Crippen molar-refractivity contribution in [3.8, 4) is 5.88 Å². The number of amides is 1. The van der Waals surface area contributed by atoms with Crippen LogP contribution in [0.15, 0.2) is 23.2 Å². The van der Waals surface area contributed by atoms with Gasteiger partial charge in [0.1, 0.15) is 10.5 Å². The third kappa shape index (κ3) is 3.61. The SMILES string of the molecule is COc1ncccc1C(=O)N1CCCN(S(=O)(=O)c2c(C)nn(C)c2C)CC1. The molecule has 0 saturated carbocycles. The van der Waals surface area contributed by atoms with Crippen LogP contribution in [0.5, 0.6) is 5.88 Å². The van der Waals surface area contributed by atoms with Crippen molar-refractivity contribution >= 4 is 15.9 Å². The van der Waals surface area contributed by atoms with Gasteiger partial charge in [-0.25, -0.2) is 13.4 Å². The average molecular weight is 407 g/mol. The molecule has 2 aromatic rings. The fourth-order valence-electron chi connectivity index (χ4n) is 3.48. The first kappa shape index (κ1) is 20.3. The van der Waals surface area contributed by atoms with Crippen LogP contribution in [0.2, 0.25) is 0 Å². The highest BCUT2D eigenvalue weighted by Crippen LogP contribution is 2.25. The first-order valence-corrected chi connectivity index (χ1v) is 10.5. The molecule has 0 aromatic carbocycles. The number of hydrogen-bond acceptors (Lipinski definition) is 6. The van der Waals surface area contributed by atoms with E-state index in [0.717, 1.165) is 0 Å². The van der Waals surface area contributed by atoms with E-state index in [1.807, 2.05) is 0 Å². The minimum Gasteiger partial charge on any atom is -0.480 e. The van der Waals surface area contributed by atoms with Crippen LogP contribution in [-0.4, -0.2) is 71.6 Å². The molecule has 0 unspecified atom stereocenters. The molecule has 0 aliphatic carbocycles. The number of sulfonamides is 1. The van der Waals surface area contributed by atoms with E-state index in [0.29, 0.717) is 43.0 Å². The zero-order valence-corrected chi connectivity index (χ0v) is 17.4. The van der Waals surface area contributed by atoms with Gasteiger partial charge >= 0.3 is 0 Å². The molecule has 1 aliphatic rings. The van der Waals surface area contributed by atoms with Gasteiger partial charge in [0.25, 0.3) is 5.91 Å². The molecule has 1 aliphatic heterocycles. The monoisotopic (exact) mass is 407 g/mol. The van der Waals surface area contributed by atoms with Gasteiger partial charge in [-0.15, -0.1) is 0 Å². The second-order valence-corrected chi connectivity index (χ2v) is 8.61. The maximum atomic E-state index is 13.2. The van der Waals surface area contributed by atoms with Crippen LogP contribution in [0, 0.1) is 13.8 Å². The Morgan fingerprint density at radius 1 is 1.18 bits per heavy atom. The molecule has 0 spiro atoms. The van der Waals surface area contributed by atoms with Gasteiger partial charge in [0.15, 0.2) is 0 Å². The predicted molar refractivity (Wildman–Crippen MR) is 103 cm³/mol. The Balaban J connectivity index is 1.81. The summed E-state index contributed by atoms with van der Waals surface area (Å²) in [6.45, 7) is 4.79. The second kappa shape index (κ2) is 7.88. The van der Waals surface area contributed by atoms with E-state index in [1.165, 1.54) is 11.4 Å². The maximum Gasteiger partial charge on any atom is 0.259 e. The lowest BCUT2D eigenvalue weighted by Gasteiger charge is -2.22. The largest absolute Gasteiger partial charge is 0.480 e. The number of ether oxygens (including phenoxy) is 1. The summed E-state index contributed by atoms with van der Waals surface area (Å²) in [5.74, 6) is 0.0563. The van der Waals surface area contributed by atoms with Crippen LogP contribution >= 0.6 is 0 Å². The van der Waals surface area contributed by atoms with Crippen LogP contribution < -0.4 is 4.74 Å². The number of nitrogens with zero attached hydrogens (tertiary/aromatic N) is 5. The molecule has 152 valence electrons. The van der Waals surface area contributed by atoms with Crippen molar-refractivity contribution < 1.29 is 17.9 Å². The molecule has 9 nitrogen and oxygen atoms in total. The highest BCUT2D eigenvalue weighted by atomic mass is 32.2. The first-order chi connectivity index (χ1) is 13.3. The number of pyridine rings is 1. The van der Waals surface area contributed by atoms with Crippen LogP contribution in [0.3, 0.4) is 0 Å². The van der Waals surface area contributed by atoms with Crippen molar-refractivity contribution in [2.75, 3.05) is 33.3 Å². The fraction of sp³-hybridized carbons (Fsp3) is 0.500. The van der Waals surface area contributed by atoms with Gasteiger partial charge in [0.2, 0.25) is 15.9 Å². The molecule has 1 fully saturated rings. The Morgan fingerprint density at radius 2 is 1.93 bits per heavy atom. The number of aryl methyl sites for hydroxylation is 2. The molecular weight excluding hydrogens is 382 g/mol. The Bertz CT molecular complexity index is 986. The van der Waals surface area contributed by atoms with Crippen LogP contribution in [-0.2, 0) is 17.1 Å². The molecule has 1 amide bonds. The van der Waals surface area contributed by atoms with Gasteiger partial charge in [0, 0.05) is 39.4 Å². The first-order valence-electron chi connectivity index (χ1n) is 9.06. The summed E-state index contributed by atoms with van der Waals surface area (Å²) in [5.41, 5.74) is 1.47. The van der Waals surface area contributed by atoms with Crippen molar-refractivity contribution in [2.24, 2.45) is 7.05 Å². The molecule has 28 heavy (non-hydrogen) atoms. The van der Waals surface area contributed by atoms with Gasteiger partial charge in [-0.1, -0.05) is 0 Å². The maximum absolute atomic E-state index is 13.2. The number of carbonyl (C=O) groups excluding carboxylic acids is 1. The quantitative estimate of drug-likeness (QED) is 0.749. The van der Waals surface area contributed by atoms with Gasteiger partial charge in [-0.05, 0) is 32.4 Å². The number of hydrogen-bond donors (Lipinski definition) is 0. The lowest BCUT2D eigenvalue weighted by molar-refractivity contribution is 0.0760. The minimum atomic E-state index is -3.68. The van der Waals surface area contributed by atoms with E-state index in [4.69, 9.17) is 4.74 Å². The van der Waals surface area contributed by atoms with Crippen LogP contribution in [0.4, 0.5) is 0 Å². The molecule has 3 heterocycles. The van der Waals surface area contributed by atoms with Gasteiger partial charge < -0.3 is 9.64 Å². The highest BCUT2D eigenvalue weighted by Gasteiger charge is 2.33. The summed E-state index contributed by atoms with van der Waals surface area (Å²) in [6.07, 6.45) is 2.11. The third-order valence-corrected chi connectivity index (χ3v) is 7.13. The molecule has 10 heteroatoms. The Morgan fingerprint density at radius 3 is 2.57 bits per heavy atom. The van der Waals surface area contributed by atoms with E-state index < -0.39 is 10.0 Å².